The molecule has 6 heteroatoms. The number of thioether (sulfide) groups is 1. The van der Waals surface area contributed by atoms with Crippen LogP contribution in [0.4, 0.5) is 4.39 Å². The highest BCUT2D eigenvalue weighted by Gasteiger charge is 2.24. The lowest BCUT2D eigenvalue weighted by atomic mass is 10.2. The van der Waals surface area contributed by atoms with Crippen molar-refractivity contribution in [2.24, 2.45) is 0 Å². The van der Waals surface area contributed by atoms with E-state index in [0.717, 1.165) is 20.8 Å². The number of halogens is 1. The maximum atomic E-state index is 13.7. The molecule has 0 N–H and O–H groups in total. The van der Waals surface area contributed by atoms with Crippen molar-refractivity contribution in [2.75, 3.05) is 13.3 Å². The number of hydrogen-bond donors (Lipinski definition) is 0. The summed E-state index contributed by atoms with van der Waals surface area (Å²) in [5, 5.41) is 0. The Labute approximate surface area is 128 Å². The van der Waals surface area contributed by atoms with Crippen LogP contribution < -0.4 is 0 Å². The molecule has 2 aromatic rings. The summed E-state index contributed by atoms with van der Waals surface area (Å²) in [6.07, 6.45) is 1.98. The molecule has 112 valence electrons. The Morgan fingerprint density at radius 2 is 1.71 bits per heavy atom. The van der Waals surface area contributed by atoms with E-state index >= 15 is 0 Å². The minimum atomic E-state index is -3.83. The Kier molecular flexibility index (Phi) is 5.03. The van der Waals surface area contributed by atoms with Gasteiger partial charge in [-0.2, -0.15) is 4.31 Å². The minimum Gasteiger partial charge on any atom is -0.207 e. The Bertz CT molecular complexity index is 715. The van der Waals surface area contributed by atoms with E-state index in [9.17, 15) is 12.8 Å². The van der Waals surface area contributed by atoms with Crippen molar-refractivity contribution < 1.29 is 12.8 Å². The lowest BCUT2D eigenvalue weighted by Gasteiger charge is -2.17. The van der Waals surface area contributed by atoms with Crippen molar-refractivity contribution in [3.05, 3.63) is 59.9 Å². The van der Waals surface area contributed by atoms with Crippen LogP contribution in [0.2, 0.25) is 0 Å². The maximum Gasteiger partial charge on any atom is 0.246 e. The molecule has 0 heterocycles. The average Bonchev–Trinajstić information content (AvgIpc) is 2.48. The summed E-state index contributed by atoms with van der Waals surface area (Å²) in [5.74, 6) is -0.734. The Hall–Kier alpha value is -1.37. The van der Waals surface area contributed by atoms with E-state index in [4.69, 9.17) is 0 Å². The van der Waals surface area contributed by atoms with E-state index in [1.54, 1.807) is 11.8 Å². The zero-order valence-corrected chi connectivity index (χ0v) is 13.4. The Balaban J connectivity index is 2.22. The van der Waals surface area contributed by atoms with Crippen LogP contribution in [0.3, 0.4) is 0 Å². The van der Waals surface area contributed by atoms with E-state index in [1.165, 1.54) is 25.2 Å². The van der Waals surface area contributed by atoms with E-state index in [-0.39, 0.29) is 11.4 Å². The van der Waals surface area contributed by atoms with Crippen LogP contribution in [-0.2, 0) is 16.6 Å². The monoisotopic (exact) mass is 325 g/mol. The van der Waals surface area contributed by atoms with E-state index in [2.05, 4.69) is 0 Å². The van der Waals surface area contributed by atoms with E-state index in [0.29, 0.717) is 0 Å². The number of benzene rings is 2. The number of hydrogen-bond acceptors (Lipinski definition) is 3. The molecule has 0 aliphatic rings. The third kappa shape index (κ3) is 3.64. The summed E-state index contributed by atoms with van der Waals surface area (Å²) in [7, 11) is -2.38. The molecule has 0 aliphatic heterocycles. The van der Waals surface area contributed by atoms with Gasteiger partial charge < -0.3 is 0 Å². The van der Waals surface area contributed by atoms with Crippen LogP contribution in [0.5, 0.6) is 0 Å². The summed E-state index contributed by atoms with van der Waals surface area (Å²) in [5.41, 5.74) is 0.857. The highest BCUT2D eigenvalue weighted by atomic mass is 32.2. The van der Waals surface area contributed by atoms with E-state index < -0.39 is 15.8 Å². The first-order valence-corrected chi connectivity index (χ1v) is 8.95. The highest BCUT2D eigenvalue weighted by molar-refractivity contribution is 7.98. The van der Waals surface area contributed by atoms with Crippen molar-refractivity contribution >= 4 is 21.8 Å². The van der Waals surface area contributed by atoms with Gasteiger partial charge in [-0.1, -0.05) is 24.3 Å². The molecule has 2 rings (SSSR count). The molecule has 0 amide bonds. The van der Waals surface area contributed by atoms with Crippen molar-refractivity contribution in [1.29, 1.82) is 0 Å². The molecular weight excluding hydrogens is 309 g/mol. The third-order valence-electron chi connectivity index (χ3n) is 3.09. The fourth-order valence-electron chi connectivity index (χ4n) is 1.89. The normalized spacial score (nSPS) is 11.8. The van der Waals surface area contributed by atoms with E-state index in [1.807, 2.05) is 30.5 Å². The maximum absolute atomic E-state index is 13.7. The Morgan fingerprint density at radius 3 is 2.29 bits per heavy atom. The molecule has 3 nitrogen and oxygen atoms in total. The molecule has 0 aromatic heterocycles. The van der Waals surface area contributed by atoms with Crippen LogP contribution in [-0.4, -0.2) is 26.0 Å². The predicted molar refractivity (Wildman–Crippen MR) is 83.3 cm³/mol. The SMILES string of the molecule is CSc1ccc(CN(C)S(=O)(=O)c2ccccc2F)cc1. The first kappa shape index (κ1) is 16.0. The largest absolute Gasteiger partial charge is 0.246 e. The number of rotatable bonds is 5. The first-order valence-electron chi connectivity index (χ1n) is 6.29. The van der Waals surface area contributed by atoms with Crippen molar-refractivity contribution in [3.8, 4) is 0 Å². The summed E-state index contributed by atoms with van der Waals surface area (Å²) < 4.78 is 39.6. The van der Waals surface area contributed by atoms with Crippen LogP contribution in [0.1, 0.15) is 5.56 Å². The second-order valence-corrected chi connectivity index (χ2v) is 7.43. The summed E-state index contributed by atoms with van der Waals surface area (Å²) >= 11 is 1.62. The molecule has 0 radical (unpaired) electrons. The smallest absolute Gasteiger partial charge is 0.207 e. The van der Waals surface area contributed by atoms with Gasteiger partial charge in [-0.15, -0.1) is 11.8 Å². The van der Waals surface area contributed by atoms with Gasteiger partial charge in [0, 0.05) is 18.5 Å². The molecule has 21 heavy (non-hydrogen) atoms. The van der Waals surface area contributed by atoms with Crippen molar-refractivity contribution in [1.82, 2.24) is 4.31 Å². The average molecular weight is 325 g/mol. The van der Waals surface area contributed by atoms with Gasteiger partial charge in [0.25, 0.3) is 0 Å². The van der Waals surface area contributed by atoms with Gasteiger partial charge in [0.1, 0.15) is 10.7 Å². The van der Waals surface area contributed by atoms with Crippen LogP contribution in [0.25, 0.3) is 0 Å². The van der Waals surface area contributed by atoms with Gasteiger partial charge in [-0.3, -0.25) is 0 Å². The molecule has 0 fully saturated rings. The topological polar surface area (TPSA) is 37.4 Å². The summed E-state index contributed by atoms with van der Waals surface area (Å²) in [4.78, 5) is 0.812. The fourth-order valence-corrected chi connectivity index (χ4v) is 3.52. The van der Waals surface area contributed by atoms with Crippen LogP contribution in [0.15, 0.2) is 58.3 Å². The quantitative estimate of drug-likeness (QED) is 0.791. The van der Waals surface area contributed by atoms with Crippen LogP contribution in [0, 0.1) is 5.82 Å². The second-order valence-electron chi connectivity index (χ2n) is 4.54. The van der Waals surface area contributed by atoms with Crippen LogP contribution >= 0.6 is 11.8 Å². The Morgan fingerprint density at radius 1 is 1.10 bits per heavy atom. The van der Waals surface area contributed by atoms with Gasteiger partial charge in [0.15, 0.2) is 0 Å². The number of sulfonamides is 1. The second kappa shape index (κ2) is 6.60. The minimum absolute atomic E-state index is 0.200. The molecular formula is C15H16FNO2S2. The predicted octanol–water partition coefficient (Wildman–Crippen LogP) is 3.37. The molecule has 0 spiro atoms. The zero-order valence-electron chi connectivity index (χ0n) is 11.8. The molecule has 0 saturated heterocycles. The molecule has 0 aliphatic carbocycles. The molecule has 0 bridgehead atoms. The molecule has 2 aromatic carbocycles. The molecule has 0 unspecified atom stereocenters. The molecule has 0 atom stereocenters. The van der Waals surface area contributed by atoms with Gasteiger partial charge in [-0.05, 0) is 36.1 Å². The van der Waals surface area contributed by atoms with Gasteiger partial charge in [-0.25, -0.2) is 12.8 Å². The highest BCUT2D eigenvalue weighted by Crippen LogP contribution is 2.21. The lowest BCUT2D eigenvalue weighted by Crippen LogP contribution is -2.27. The molecule has 0 saturated carbocycles. The number of nitrogens with zero attached hydrogens (tertiary/aromatic N) is 1. The third-order valence-corrected chi connectivity index (χ3v) is 5.67. The standard InChI is InChI=1S/C15H16FNO2S2/c1-17(11-12-7-9-13(20-2)10-8-12)21(18,19)15-6-4-3-5-14(15)16/h3-10H,11H2,1-2H3. The van der Waals surface area contributed by atoms with Gasteiger partial charge in [0.2, 0.25) is 10.0 Å². The van der Waals surface area contributed by atoms with Gasteiger partial charge in [0.05, 0.1) is 0 Å². The van der Waals surface area contributed by atoms with Crippen molar-refractivity contribution in [3.63, 3.8) is 0 Å². The van der Waals surface area contributed by atoms with Crippen molar-refractivity contribution in [2.45, 2.75) is 16.3 Å². The summed E-state index contributed by atoms with van der Waals surface area (Å²) in [6.45, 7) is 0.200. The summed E-state index contributed by atoms with van der Waals surface area (Å²) in [6, 6.07) is 13.0. The van der Waals surface area contributed by atoms with Gasteiger partial charge >= 0.3 is 0 Å². The lowest BCUT2D eigenvalue weighted by molar-refractivity contribution is 0.460. The fraction of sp³-hybridized carbons (Fsp3) is 0.200. The first-order chi connectivity index (χ1) is 9.95. The zero-order chi connectivity index (χ0) is 15.5.